The van der Waals surface area contributed by atoms with E-state index in [1.54, 1.807) is 36.4 Å². The Balaban J connectivity index is 1.45. The summed E-state index contributed by atoms with van der Waals surface area (Å²) in [7, 11) is 0. The Kier molecular flexibility index (Phi) is 6.74. The monoisotopic (exact) mass is 490 g/mol. The number of rotatable bonds is 4. The van der Waals surface area contributed by atoms with Crippen LogP contribution in [0.1, 0.15) is 22.8 Å². The molecule has 1 fully saturated rings. The van der Waals surface area contributed by atoms with Gasteiger partial charge < -0.3 is 14.5 Å². The molecule has 9 heteroatoms. The first-order valence-corrected chi connectivity index (χ1v) is 11.2. The van der Waals surface area contributed by atoms with E-state index < -0.39 is 0 Å². The maximum atomic E-state index is 13.0. The molecule has 2 aromatic carbocycles. The van der Waals surface area contributed by atoms with Gasteiger partial charge in [0.25, 0.3) is 5.91 Å². The van der Waals surface area contributed by atoms with E-state index in [4.69, 9.17) is 39.5 Å². The highest BCUT2D eigenvalue weighted by atomic mass is 35.5. The van der Waals surface area contributed by atoms with Crippen LogP contribution in [0.15, 0.2) is 48.8 Å². The minimum absolute atomic E-state index is 0.0405. The molecule has 1 saturated heterocycles. The highest BCUT2D eigenvalue weighted by Gasteiger charge is 2.30. The molecule has 1 aliphatic heterocycles. The fourth-order valence-electron chi connectivity index (χ4n) is 3.65. The van der Waals surface area contributed by atoms with Crippen molar-refractivity contribution in [1.82, 2.24) is 14.9 Å². The molecule has 32 heavy (non-hydrogen) atoms. The number of aryl methyl sites for hydroxylation is 1. The Labute approximate surface area is 201 Å². The maximum absolute atomic E-state index is 13.0. The van der Waals surface area contributed by atoms with Gasteiger partial charge in [0.2, 0.25) is 5.88 Å². The molecule has 0 saturated carbocycles. The van der Waals surface area contributed by atoms with E-state index in [1.165, 1.54) is 6.33 Å². The van der Waals surface area contributed by atoms with Crippen LogP contribution in [0.3, 0.4) is 0 Å². The topological polar surface area (TPSA) is 58.6 Å². The average Bonchev–Trinajstić information content (AvgIpc) is 2.76. The smallest absolute Gasteiger partial charge is 0.255 e. The van der Waals surface area contributed by atoms with Crippen molar-refractivity contribution >= 4 is 46.5 Å². The van der Waals surface area contributed by atoms with Gasteiger partial charge in [-0.15, -0.1) is 0 Å². The minimum atomic E-state index is -0.108. The predicted molar refractivity (Wildman–Crippen MR) is 127 cm³/mol. The summed E-state index contributed by atoms with van der Waals surface area (Å²) < 4.78 is 5.89. The molecular weight excluding hydrogens is 471 g/mol. The lowest BCUT2D eigenvalue weighted by molar-refractivity contribution is 0.0674. The third-order valence-electron chi connectivity index (χ3n) is 5.35. The molecule has 3 aromatic rings. The summed E-state index contributed by atoms with van der Waals surface area (Å²) in [6.45, 7) is 5.70. The number of amides is 1. The van der Waals surface area contributed by atoms with E-state index in [0.717, 1.165) is 11.4 Å². The molecule has 166 valence electrons. The van der Waals surface area contributed by atoms with Gasteiger partial charge in [0.15, 0.2) is 0 Å². The number of anilines is 1. The van der Waals surface area contributed by atoms with Crippen molar-refractivity contribution < 1.29 is 9.53 Å². The summed E-state index contributed by atoms with van der Waals surface area (Å²) >= 11 is 18.3. The molecule has 0 N–H and O–H groups in total. The van der Waals surface area contributed by atoms with Gasteiger partial charge >= 0.3 is 0 Å². The highest BCUT2D eigenvalue weighted by molar-refractivity contribution is 6.36. The van der Waals surface area contributed by atoms with Crippen LogP contribution in [-0.2, 0) is 0 Å². The van der Waals surface area contributed by atoms with E-state index in [2.05, 4.69) is 14.9 Å². The molecule has 1 atom stereocenters. The molecule has 1 aliphatic rings. The predicted octanol–water partition coefficient (Wildman–Crippen LogP) is 5.89. The van der Waals surface area contributed by atoms with Crippen molar-refractivity contribution in [2.24, 2.45) is 0 Å². The molecule has 0 spiro atoms. The summed E-state index contributed by atoms with van der Waals surface area (Å²) in [6.07, 6.45) is 1.48. The van der Waals surface area contributed by atoms with Crippen molar-refractivity contribution in [3.05, 3.63) is 75.0 Å². The number of aromatic nitrogens is 2. The molecule has 1 amide bonds. The minimum Gasteiger partial charge on any atom is -0.439 e. The zero-order valence-electron chi connectivity index (χ0n) is 17.6. The van der Waals surface area contributed by atoms with E-state index in [0.29, 0.717) is 51.9 Å². The molecule has 0 bridgehead atoms. The second-order valence-corrected chi connectivity index (χ2v) is 8.90. The Hall–Kier alpha value is -2.54. The van der Waals surface area contributed by atoms with Crippen LogP contribution in [0.25, 0.3) is 0 Å². The first kappa shape index (κ1) is 22.6. The van der Waals surface area contributed by atoms with Crippen LogP contribution in [-0.4, -0.2) is 46.5 Å². The number of ether oxygens (including phenoxy) is 1. The van der Waals surface area contributed by atoms with Crippen molar-refractivity contribution in [1.29, 1.82) is 0 Å². The van der Waals surface area contributed by atoms with E-state index in [-0.39, 0.29) is 11.9 Å². The summed E-state index contributed by atoms with van der Waals surface area (Å²) in [5.41, 5.74) is 1.38. The standard InChI is InChI=1S/C23H21Cl3N4O2/c1-14-9-17(4-6-19(14)25)32-22-11-21(27-13-28-22)29-7-8-30(15(2)12-29)23(31)18-5-3-16(24)10-20(18)26/h3-6,9-11,13,15H,7-8,12H2,1-2H3. The fraction of sp³-hybridized carbons (Fsp3) is 0.261. The van der Waals surface area contributed by atoms with Crippen LogP contribution in [0.4, 0.5) is 5.82 Å². The van der Waals surface area contributed by atoms with Gasteiger partial charge in [-0.05, 0) is 55.8 Å². The molecule has 0 radical (unpaired) electrons. The van der Waals surface area contributed by atoms with E-state index in [1.807, 2.05) is 24.8 Å². The van der Waals surface area contributed by atoms with Crippen LogP contribution in [0.2, 0.25) is 15.1 Å². The Morgan fingerprint density at radius 3 is 2.56 bits per heavy atom. The maximum Gasteiger partial charge on any atom is 0.255 e. The van der Waals surface area contributed by atoms with Gasteiger partial charge in [-0.25, -0.2) is 9.97 Å². The number of piperazine rings is 1. The van der Waals surface area contributed by atoms with Crippen LogP contribution in [0, 0.1) is 6.92 Å². The van der Waals surface area contributed by atoms with Gasteiger partial charge in [0.05, 0.1) is 10.6 Å². The fourth-order valence-corrected chi connectivity index (χ4v) is 4.25. The summed E-state index contributed by atoms with van der Waals surface area (Å²) in [5.74, 6) is 1.73. The van der Waals surface area contributed by atoms with Gasteiger partial charge in [-0.3, -0.25) is 4.79 Å². The van der Waals surface area contributed by atoms with Crippen LogP contribution in [0.5, 0.6) is 11.6 Å². The number of carbonyl (C=O) groups excluding carboxylic acids is 1. The normalized spacial score (nSPS) is 16.2. The largest absolute Gasteiger partial charge is 0.439 e. The van der Waals surface area contributed by atoms with Crippen molar-refractivity contribution in [2.75, 3.05) is 24.5 Å². The van der Waals surface area contributed by atoms with Crippen molar-refractivity contribution in [3.63, 3.8) is 0 Å². The molecular formula is C23H21Cl3N4O2. The first-order chi connectivity index (χ1) is 15.3. The lowest BCUT2D eigenvalue weighted by Crippen LogP contribution is -2.54. The van der Waals surface area contributed by atoms with E-state index >= 15 is 0 Å². The third kappa shape index (κ3) is 4.93. The van der Waals surface area contributed by atoms with Crippen molar-refractivity contribution in [2.45, 2.75) is 19.9 Å². The van der Waals surface area contributed by atoms with Gasteiger partial charge in [-0.2, -0.15) is 0 Å². The van der Waals surface area contributed by atoms with Crippen LogP contribution < -0.4 is 9.64 Å². The molecule has 2 heterocycles. The number of halogens is 3. The quantitative estimate of drug-likeness (QED) is 0.455. The van der Waals surface area contributed by atoms with Gasteiger partial charge in [0, 0.05) is 41.8 Å². The Morgan fingerprint density at radius 2 is 1.84 bits per heavy atom. The Morgan fingerprint density at radius 1 is 1.03 bits per heavy atom. The van der Waals surface area contributed by atoms with Gasteiger partial charge in [0.1, 0.15) is 17.9 Å². The summed E-state index contributed by atoms with van der Waals surface area (Å²) in [5, 5.41) is 1.54. The zero-order valence-corrected chi connectivity index (χ0v) is 19.8. The van der Waals surface area contributed by atoms with E-state index in [9.17, 15) is 4.79 Å². The lowest BCUT2D eigenvalue weighted by Gasteiger charge is -2.40. The molecule has 6 nitrogen and oxygen atoms in total. The highest BCUT2D eigenvalue weighted by Crippen LogP contribution is 2.28. The third-order valence-corrected chi connectivity index (χ3v) is 6.33. The second-order valence-electron chi connectivity index (χ2n) is 7.65. The molecule has 4 rings (SSSR count). The SMILES string of the molecule is Cc1cc(Oc2cc(N3CCN(C(=O)c4ccc(Cl)cc4Cl)C(C)C3)ncn2)ccc1Cl. The molecule has 1 unspecified atom stereocenters. The number of carbonyl (C=O) groups is 1. The number of hydrogen-bond donors (Lipinski definition) is 0. The number of hydrogen-bond acceptors (Lipinski definition) is 5. The van der Waals surface area contributed by atoms with Gasteiger partial charge in [-0.1, -0.05) is 34.8 Å². The second kappa shape index (κ2) is 9.53. The molecule has 1 aromatic heterocycles. The molecule has 0 aliphatic carbocycles. The number of nitrogens with zero attached hydrogens (tertiary/aromatic N) is 4. The van der Waals surface area contributed by atoms with Crippen molar-refractivity contribution in [3.8, 4) is 11.6 Å². The zero-order chi connectivity index (χ0) is 22.8. The number of benzene rings is 2. The summed E-state index contributed by atoms with van der Waals surface area (Å²) in [4.78, 5) is 25.6. The Bertz CT molecular complexity index is 1160. The van der Waals surface area contributed by atoms with Crippen LogP contribution >= 0.6 is 34.8 Å². The summed E-state index contributed by atoms with van der Waals surface area (Å²) in [6, 6.07) is 12.1. The lowest BCUT2D eigenvalue weighted by atomic mass is 10.1. The average molecular weight is 492 g/mol. The first-order valence-electron chi connectivity index (χ1n) is 10.1.